The van der Waals surface area contributed by atoms with E-state index >= 15 is 0 Å². The lowest BCUT2D eigenvalue weighted by molar-refractivity contribution is 0.408. The quantitative estimate of drug-likeness (QED) is 0.796. The van der Waals surface area contributed by atoms with E-state index in [-0.39, 0.29) is 0 Å². The Morgan fingerprint density at radius 2 is 2.22 bits per heavy atom. The second kappa shape index (κ2) is 4.34. The predicted octanol–water partition coefficient (Wildman–Crippen LogP) is 3.79. The predicted molar refractivity (Wildman–Crippen MR) is 71.8 cm³/mol. The van der Waals surface area contributed by atoms with Crippen LogP contribution in [0.1, 0.15) is 29.9 Å². The fraction of sp³-hybridized carbons (Fsp3) is 0.312. The molecule has 0 fully saturated rings. The molecule has 0 aliphatic heterocycles. The van der Waals surface area contributed by atoms with Crippen LogP contribution in [0.4, 0.5) is 0 Å². The van der Waals surface area contributed by atoms with E-state index in [9.17, 15) is 0 Å². The molecule has 1 atom stereocenters. The second-order valence-electron chi connectivity index (χ2n) is 4.79. The molecule has 0 aromatic heterocycles. The van der Waals surface area contributed by atoms with Crippen LogP contribution in [-0.2, 0) is 6.42 Å². The number of benzene rings is 2. The maximum absolute atomic E-state index is 8.95. The Kier molecular flexibility index (Phi) is 2.68. The summed E-state index contributed by atoms with van der Waals surface area (Å²) in [6, 6.07) is 12.8. The van der Waals surface area contributed by atoms with Crippen LogP contribution in [-0.4, -0.2) is 7.11 Å². The Hall–Kier alpha value is -2.01. The number of aryl methyl sites for hydroxylation is 1. The topological polar surface area (TPSA) is 33.0 Å². The third-order valence-corrected chi connectivity index (χ3v) is 3.88. The van der Waals surface area contributed by atoms with E-state index in [2.05, 4.69) is 30.3 Å². The van der Waals surface area contributed by atoms with Crippen molar-refractivity contribution in [3.63, 3.8) is 0 Å². The normalized spacial score (nSPS) is 17.4. The van der Waals surface area contributed by atoms with E-state index in [0.29, 0.717) is 12.3 Å². The van der Waals surface area contributed by atoms with Gasteiger partial charge in [-0.2, -0.15) is 5.26 Å². The second-order valence-corrected chi connectivity index (χ2v) is 4.79. The van der Waals surface area contributed by atoms with Crippen molar-refractivity contribution in [2.75, 3.05) is 7.11 Å². The third kappa shape index (κ3) is 1.55. The Balaban J connectivity index is 2.29. The van der Waals surface area contributed by atoms with Crippen LogP contribution in [0.25, 0.3) is 10.8 Å². The first-order valence-electron chi connectivity index (χ1n) is 6.30. The van der Waals surface area contributed by atoms with E-state index < -0.39 is 0 Å². The van der Waals surface area contributed by atoms with Crippen molar-refractivity contribution in [1.82, 2.24) is 0 Å². The molecule has 3 rings (SSSR count). The lowest BCUT2D eigenvalue weighted by atomic mass is 9.80. The van der Waals surface area contributed by atoms with Crippen LogP contribution in [0.15, 0.2) is 30.3 Å². The molecular weight excluding hydrogens is 222 g/mol. The molecular formula is C16H15NO. The van der Waals surface area contributed by atoms with Crippen molar-refractivity contribution in [2.45, 2.75) is 25.2 Å². The summed E-state index contributed by atoms with van der Waals surface area (Å²) in [5, 5.41) is 11.5. The molecule has 1 aliphatic carbocycles. The summed E-state index contributed by atoms with van der Waals surface area (Å²) in [4.78, 5) is 0. The molecule has 2 aromatic rings. The molecule has 0 heterocycles. The molecule has 0 amide bonds. The maximum Gasteiger partial charge on any atom is 0.122 e. The van der Waals surface area contributed by atoms with E-state index in [4.69, 9.17) is 10.00 Å². The van der Waals surface area contributed by atoms with E-state index in [1.54, 1.807) is 7.11 Å². The van der Waals surface area contributed by atoms with Gasteiger partial charge in [-0.25, -0.2) is 0 Å². The largest absolute Gasteiger partial charge is 0.496 e. The Labute approximate surface area is 107 Å². The summed E-state index contributed by atoms with van der Waals surface area (Å²) >= 11 is 0. The zero-order valence-electron chi connectivity index (χ0n) is 10.4. The molecule has 0 radical (unpaired) electrons. The SMILES string of the molecule is COc1ccc2cccc3c2c1CCC3CC#N. The molecule has 0 N–H and O–H groups in total. The van der Waals surface area contributed by atoms with Gasteiger partial charge in [-0.3, -0.25) is 0 Å². The molecule has 2 heteroatoms. The van der Waals surface area contributed by atoms with Gasteiger partial charge in [0.1, 0.15) is 5.75 Å². The summed E-state index contributed by atoms with van der Waals surface area (Å²) in [6.45, 7) is 0. The molecule has 0 bridgehead atoms. The van der Waals surface area contributed by atoms with Crippen LogP contribution in [0.5, 0.6) is 5.75 Å². The molecule has 0 saturated carbocycles. The summed E-state index contributed by atoms with van der Waals surface area (Å²) in [6.07, 6.45) is 2.65. The van der Waals surface area contributed by atoms with Crippen LogP contribution in [0.2, 0.25) is 0 Å². The standard InChI is InChI=1S/C16H15NO/c1-18-15-8-6-12-3-2-4-13-11(9-10-17)5-7-14(15)16(12)13/h2-4,6,8,11H,5,7,9H2,1H3. The monoisotopic (exact) mass is 237 g/mol. The molecule has 0 saturated heterocycles. The lowest BCUT2D eigenvalue weighted by Gasteiger charge is -2.25. The van der Waals surface area contributed by atoms with Crippen LogP contribution >= 0.6 is 0 Å². The smallest absolute Gasteiger partial charge is 0.122 e. The highest BCUT2D eigenvalue weighted by Gasteiger charge is 2.23. The number of nitrogens with zero attached hydrogens (tertiary/aromatic N) is 1. The number of nitriles is 1. The minimum absolute atomic E-state index is 0.373. The van der Waals surface area contributed by atoms with Crippen molar-refractivity contribution in [2.24, 2.45) is 0 Å². The zero-order valence-corrected chi connectivity index (χ0v) is 10.4. The third-order valence-electron chi connectivity index (χ3n) is 3.88. The fourth-order valence-corrected chi connectivity index (χ4v) is 3.04. The van der Waals surface area contributed by atoms with E-state index in [0.717, 1.165) is 18.6 Å². The highest BCUT2D eigenvalue weighted by atomic mass is 16.5. The van der Waals surface area contributed by atoms with Crippen molar-refractivity contribution in [3.8, 4) is 11.8 Å². The first-order chi connectivity index (χ1) is 8.85. The number of methoxy groups -OCH3 is 1. The minimum Gasteiger partial charge on any atom is -0.496 e. The van der Waals surface area contributed by atoms with Gasteiger partial charge in [-0.15, -0.1) is 0 Å². The lowest BCUT2D eigenvalue weighted by Crippen LogP contribution is -2.09. The van der Waals surface area contributed by atoms with Crippen LogP contribution in [0.3, 0.4) is 0 Å². The van der Waals surface area contributed by atoms with Crippen molar-refractivity contribution < 1.29 is 4.74 Å². The van der Waals surface area contributed by atoms with Gasteiger partial charge in [0, 0.05) is 12.0 Å². The zero-order chi connectivity index (χ0) is 12.5. The Morgan fingerprint density at radius 3 is 3.00 bits per heavy atom. The first-order valence-corrected chi connectivity index (χ1v) is 6.30. The highest BCUT2D eigenvalue weighted by molar-refractivity contribution is 5.92. The van der Waals surface area contributed by atoms with Gasteiger partial charge in [-0.1, -0.05) is 24.3 Å². The van der Waals surface area contributed by atoms with Crippen molar-refractivity contribution in [3.05, 3.63) is 41.5 Å². The molecule has 2 aromatic carbocycles. The maximum atomic E-state index is 8.95. The molecule has 2 nitrogen and oxygen atoms in total. The van der Waals surface area contributed by atoms with Gasteiger partial charge in [0.2, 0.25) is 0 Å². The van der Waals surface area contributed by atoms with E-state index in [1.165, 1.54) is 21.9 Å². The van der Waals surface area contributed by atoms with Crippen molar-refractivity contribution in [1.29, 1.82) is 5.26 Å². The minimum atomic E-state index is 0.373. The van der Waals surface area contributed by atoms with Gasteiger partial charge in [0.05, 0.1) is 13.2 Å². The highest BCUT2D eigenvalue weighted by Crippen LogP contribution is 2.41. The molecule has 18 heavy (non-hydrogen) atoms. The number of hydrogen-bond donors (Lipinski definition) is 0. The summed E-state index contributed by atoms with van der Waals surface area (Å²) < 4.78 is 5.46. The molecule has 90 valence electrons. The average Bonchev–Trinajstić information content (AvgIpc) is 2.42. The Morgan fingerprint density at radius 1 is 1.33 bits per heavy atom. The summed E-state index contributed by atoms with van der Waals surface area (Å²) in [5.41, 5.74) is 2.62. The van der Waals surface area contributed by atoms with Gasteiger partial charge in [-0.05, 0) is 41.2 Å². The van der Waals surface area contributed by atoms with Gasteiger partial charge in [0.25, 0.3) is 0 Å². The average molecular weight is 237 g/mol. The fourth-order valence-electron chi connectivity index (χ4n) is 3.04. The molecule has 1 aliphatic rings. The van der Waals surface area contributed by atoms with Gasteiger partial charge < -0.3 is 4.74 Å². The number of hydrogen-bond acceptors (Lipinski definition) is 2. The Bertz CT molecular complexity index is 639. The summed E-state index contributed by atoms with van der Waals surface area (Å²) in [5.74, 6) is 1.35. The van der Waals surface area contributed by atoms with Gasteiger partial charge in [0.15, 0.2) is 0 Å². The molecule has 0 spiro atoms. The van der Waals surface area contributed by atoms with Crippen molar-refractivity contribution >= 4 is 10.8 Å². The van der Waals surface area contributed by atoms with E-state index in [1.807, 2.05) is 6.07 Å². The van der Waals surface area contributed by atoms with Gasteiger partial charge >= 0.3 is 0 Å². The summed E-state index contributed by atoms with van der Waals surface area (Å²) in [7, 11) is 1.72. The van der Waals surface area contributed by atoms with Crippen LogP contribution < -0.4 is 4.74 Å². The first kappa shape index (κ1) is 11.1. The number of ether oxygens (including phenoxy) is 1. The molecule has 1 unspecified atom stereocenters. The number of rotatable bonds is 2. The van der Waals surface area contributed by atoms with Crippen LogP contribution in [0, 0.1) is 11.3 Å².